The van der Waals surface area contributed by atoms with E-state index in [4.69, 9.17) is 17.0 Å². The van der Waals surface area contributed by atoms with Crippen molar-refractivity contribution in [3.63, 3.8) is 0 Å². The predicted octanol–water partition coefficient (Wildman–Crippen LogP) is 0.631. The number of alkyl halides is 1. The largest absolute Gasteiger partial charge is 0.464 e. The van der Waals surface area contributed by atoms with Gasteiger partial charge in [0.15, 0.2) is 0 Å². The Labute approximate surface area is 75.1 Å². The van der Waals surface area contributed by atoms with Gasteiger partial charge < -0.3 is 10.1 Å². The lowest BCUT2D eigenvalue weighted by Gasteiger charge is -2.16. The number of nitrogens with zero attached hydrogens (tertiary/aromatic N) is 1. The van der Waals surface area contributed by atoms with Gasteiger partial charge in [-0.3, -0.25) is 4.99 Å². The maximum absolute atomic E-state index is 11.0. The Kier molecular flexibility index (Phi) is 2.81. The van der Waals surface area contributed by atoms with Crippen LogP contribution in [-0.2, 0) is 9.53 Å². The molecule has 4 nitrogen and oxygen atoms in total. The second-order valence-electron chi connectivity index (χ2n) is 2.40. The summed E-state index contributed by atoms with van der Waals surface area (Å²) in [7, 11) is 1.27. The third-order valence-electron chi connectivity index (χ3n) is 1.60. The average molecular weight is 189 g/mol. The minimum absolute atomic E-state index is 0.149. The molecular formula is C7H9ClN2O2. The Bertz CT molecular complexity index is 250. The van der Waals surface area contributed by atoms with Crippen molar-refractivity contribution in [1.82, 2.24) is 0 Å². The molecular weight excluding hydrogens is 180 g/mol. The van der Waals surface area contributed by atoms with Crippen molar-refractivity contribution in [2.75, 3.05) is 13.7 Å². The summed E-state index contributed by atoms with van der Waals surface area (Å²) >= 11 is 5.75. The highest BCUT2D eigenvalue weighted by atomic mass is 35.5. The summed E-state index contributed by atoms with van der Waals surface area (Å²) in [5.41, 5.74) is 0.475. The Morgan fingerprint density at radius 1 is 1.83 bits per heavy atom. The molecule has 66 valence electrons. The quantitative estimate of drug-likeness (QED) is 0.485. The van der Waals surface area contributed by atoms with Crippen LogP contribution in [-0.4, -0.2) is 36.4 Å². The molecule has 0 aromatic heterocycles. The molecule has 0 aromatic rings. The number of nitrogens with one attached hydrogen (secondary N) is 1. The van der Waals surface area contributed by atoms with Crippen LogP contribution in [0.15, 0.2) is 4.99 Å². The van der Waals surface area contributed by atoms with E-state index >= 15 is 0 Å². The van der Waals surface area contributed by atoms with Gasteiger partial charge in [0, 0.05) is 18.7 Å². The molecule has 12 heavy (non-hydrogen) atoms. The Balaban J connectivity index is 2.82. The molecule has 0 spiro atoms. The minimum atomic E-state index is -0.703. The lowest BCUT2D eigenvalue weighted by atomic mass is 10.1. The Hall–Kier alpha value is -0.900. The molecule has 5 heteroatoms. The molecule has 0 saturated heterocycles. The molecule has 0 radical (unpaired) electrons. The molecule has 1 aliphatic rings. The molecule has 0 amide bonds. The van der Waals surface area contributed by atoms with Gasteiger partial charge >= 0.3 is 5.97 Å². The van der Waals surface area contributed by atoms with Crippen LogP contribution >= 0.6 is 11.6 Å². The number of aliphatic imine (C=N–C) groups is 1. The number of carbonyl (C=O) groups excluding carboxylic acids is 1. The van der Waals surface area contributed by atoms with Gasteiger partial charge in [0.05, 0.1) is 7.11 Å². The number of carbonyl (C=O) groups is 1. The molecule has 1 rings (SSSR count). The average Bonchev–Trinajstić information content (AvgIpc) is 2.08. The van der Waals surface area contributed by atoms with Gasteiger partial charge in [-0.2, -0.15) is 0 Å². The first kappa shape index (κ1) is 9.19. The maximum Gasteiger partial charge on any atom is 0.353 e. The van der Waals surface area contributed by atoms with Gasteiger partial charge in [0.2, 0.25) is 0 Å². The van der Waals surface area contributed by atoms with Gasteiger partial charge in [0.1, 0.15) is 11.1 Å². The van der Waals surface area contributed by atoms with Crippen LogP contribution < -0.4 is 0 Å². The molecule has 1 N–H and O–H groups in total. The van der Waals surface area contributed by atoms with Gasteiger partial charge in [0.25, 0.3) is 0 Å². The fraction of sp³-hybridized carbons (Fsp3) is 0.571. The molecule has 0 bridgehead atoms. The normalized spacial score (nSPS) is 23.3. The molecule has 1 atom stereocenters. The molecule has 1 heterocycles. The first-order valence-electron chi connectivity index (χ1n) is 3.51. The van der Waals surface area contributed by atoms with E-state index in [-0.39, 0.29) is 5.71 Å². The van der Waals surface area contributed by atoms with Gasteiger partial charge in [-0.1, -0.05) is 0 Å². The summed E-state index contributed by atoms with van der Waals surface area (Å²) in [6, 6.07) is 0. The predicted molar refractivity (Wildman–Crippen MR) is 46.3 cm³/mol. The van der Waals surface area contributed by atoms with E-state index in [1.54, 1.807) is 0 Å². The zero-order valence-corrected chi connectivity index (χ0v) is 7.39. The highest BCUT2D eigenvalue weighted by molar-refractivity contribution is 6.57. The monoisotopic (exact) mass is 188 g/mol. The number of hydrogen-bond acceptors (Lipinski definition) is 4. The van der Waals surface area contributed by atoms with E-state index < -0.39 is 11.3 Å². The van der Waals surface area contributed by atoms with E-state index in [1.807, 2.05) is 0 Å². The van der Waals surface area contributed by atoms with Crippen LogP contribution in [0, 0.1) is 5.41 Å². The number of halogens is 1. The van der Waals surface area contributed by atoms with Crippen molar-refractivity contribution in [1.29, 1.82) is 5.41 Å². The highest BCUT2D eigenvalue weighted by Gasteiger charge is 2.27. The summed E-state index contributed by atoms with van der Waals surface area (Å²) in [5, 5.41) is 6.67. The highest BCUT2D eigenvalue weighted by Crippen LogP contribution is 2.11. The number of rotatable bonds is 1. The maximum atomic E-state index is 11.0. The zero-order chi connectivity index (χ0) is 9.14. The third kappa shape index (κ3) is 1.64. The molecule has 1 aliphatic heterocycles. The van der Waals surface area contributed by atoms with E-state index in [9.17, 15) is 4.79 Å². The molecule has 0 aliphatic carbocycles. The number of hydrogen-bond donors (Lipinski definition) is 1. The number of esters is 1. The number of ether oxygens (including phenoxy) is 1. The minimum Gasteiger partial charge on any atom is -0.464 e. The van der Waals surface area contributed by atoms with Crippen molar-refractivity contribution < 1.29 is 9.53 Å². The first-order valence-corrected chi connectivity index (χ1v) is 3.94. The fourth-order valence-corrected chi connectivity index (χ4v) is 1.21. The van der Waals surface area contributed by atoms with Crippen LogP contribution in [0.1, 0.15) is 6.42 Å². The summed E-state index contributed by atoms with van der Waals surface area (Å²) in [6.07, 6.45) is 0.522. The lowest BCUT2D eigenvalue weighted by Crippen LogP contribution is -2.35. The molecule has 0 fully saturated rings. The third-order valence-corrected chi connectivity index (χ3v) is 2.07. The summed E-state index contributed by atoms with van der Waals surface area (Å²) in [6.45, 7) is 0.451. The smallest absolute Gasteiger partial charge is 0.353 e. The van der Waals surface area contributed by atoms with Crippen molar-refractivity contribution in [2.24, 2.45) is 4.99 Å². The molecule has 1 unspecified atom stereocenters. The van der Waals surface area contributed by atoms with Gasteiger partial charge in [-0.15, -0.1) is 11.6 Å². The van der Waals surface area contributed by atoms with Crippen LogP contribution in [0.2, 0.25) is 0 Å². The SMILES string of the molecule is COC(=O)C1=NCCC(=N)C1Cl. The Morgan fingerprint density at radius 3 is 3.08 bits per heavy atom. The van der Waals surface area contributed by atoms with E-state index in [0.29, 0.717) is 18.7 Å². The van der Waals surface area contributed by atoms with Crippen LogP contribution in [0.25, 0.3) is 0 Å². The van der Waals surface area contributed by atoms with E-state index in [2.05, 4.69) is 9.73 Å². The van der Waals surface area contributed by atoms with Crippen LogP contribution in [0.5, 0.6) is 0 Å². The van der Waals surface area contributed by atoms with E-state index in [0.717, 1.165) is 0 Å². The summed E-state index contributed by atoms with van der Waals surface area (Å²) in [4.78, 5) is 14.9. The van der Waals surface area contributed by atoms with Crippen molar-refractivity contribution >= 4 is 29.0 Å². The Morgan fingerprint density at radius 2 is 2.50 bits per heavy atom. The summed E-state index contributed by atoms with van der Waals surface area (Å²) < 4.78 is 4.46. The fourth-order valence-electron chi connectivity index (χ4n) is 0.941. The standard InChI is InChI=1S/C7H9ClN2O2/c1-12-7(11)6-5(8)4(9)2-3-10-6/h5,9H,2-3H2,1H3. The van der Waals surface area contributed by atoms with Crippen molar-refractivity contribution in [2.45, 2.75) is 11.8 Å². The second kappa shape index (κ2) is 3.67. The topological polar surface area (TPSA) is 62.5 Å². The first-order chi connectivity index (χ1) is 5.66. The van der Waals surface area contributed by atoms with Gasteiger partial charge in [-0.25, -0.2) is 4.79 Å². The lowest BCUT2D eigenvalue weighted by molar-refractivity contribution is -0.132. The zero-order valence-electron chi connectivity index (χ0n) is 6.63. The van der Waals surface area contributed by atoms with Crippen molar-refractivity contribution in [3.8, 4) is 0 Å². The summed E-state index contributed by atoms with van der Waals surface area (Å²) in [5.74, 6) is -0.542. The van der Waals surface area contributed by atoms with Crippen molar-refractivity contribution in [3.05, 3.63) is 0 Å². The van der Waals surface area contributed by atoms with Crippen LogP contribution in [0.4, 0.5) is 0 Å². The van der Waals surface area contributed by atoms with E-state index in [1.165, 1.54) is 7.11 Å². The van der Waals surface area contributed by atoms with Crippen LogP contribution in [0.3, 0.4) is 0 Å². The number of methoxy groups -OCH3 is 1. The molecule has 0 aromatic carbocycles. The second-order valence-corrected chi connectivity index (χ2v) is 2.83. The molecule has 0 saturated carbocycles. The van der Waals surface area contributed by atoms with Gasteiger partial charge in [-0.05, 0) is 0 Å².